The molecule has 0 saturated heterocycles. The molecule has 180 valence electrons. The molecule has 5 heteroatoms. The van der Waals surface area contributed by atoms with Crippen molar-refractivity contribution < 1.29 is 9.59 Å². The van der Waals surface area contributed by atoms with Gasteiger partial charge < -0.3 is 10.6 Å². The van der Waals surface area contributed by atoms with Gasteiger partial charge in [0.25, 0.3) is 0 Å². The lowest BCUT2D eigenvalue weighted by Gasteiger charge is -2.53. The first kappa shape index (κ1) is 23.4. The third kappa shape index (κ3) is 5.49. The molecule has 0 aliphatic heterocycles. The van der Waals surface area contributed by atoms with Crippen molar-refractivity contribution in [1.82, 2.24) is 10.6 Å². The summed E-state index contributed by atoms with van der Waals surface area (Å²) in [5.74, 6) is 2.72. The minimum Gasteiger partial charge on any atom is -0.354 e. The highest BCUT2D eigenvalue weighted by Crippen LogP contribution is 2.56. The van der Waals surface area contributed by atoms with Crippen molar-refractivity contribution in [1.29, 1.82) is 0 Å². The average molecular weight is 479 g/mol. The number of aryl methyl sites for hydroxylation is 1. The molecular weight excluding hydrogens is 444 g/mol. The van der Waals surface area contributed by atoms with E-state index in [2.05, 4.69) is 22.8 Å². The summed E-state index contributed by atoms with van der Waals surface area (Å²) in [6.45, 7) is 0.596. The maximum absolute atomic E-state index is 13.5. The molecule has 4 aliphatic rings. The molecule has 0 heterocycles. The van der Waals surface area contributed by atoms with E-state index >= 15 is 0 Å². The molecule has 2 aromatic carbocycles. The Labute approximate surface area is 207 Å². The first-order valence-corrected chi connectivity index (χ1v) is 13.3. The molecule has 4 bridgehead atoms. The van der Waals surface area contributed by atoms with Crippen LogP contribution in [0.2, 0.25) is 5.02 Å². The van der Waals surface area contributed by atoms with E-state index in [0.29, 0.717) is 29.8 Å². The molecule has 0 radical (unpaired) electrons. The largest absolute Gasteiger partial charge is 0.354 e. The van der Waals surface area contributed by atoms with Crippen LogP contribution in [0.4, 0.5) is 0 Å². The van der Waals surface area contributed by atoms with Crippen molar-refractivity contribution in [2.75, 3.05) is 6.54 Å². The normalized spacial score (nSPS) is 27.9. The summed E-state index contributed by atoms with van der Waals surface area (Å²) in [7, 11) is 0. The highest BCUT2D eigenvalue weighted by atomic mass is 35.5. The molecule has 2 amide bonds. The van der Waals surface area contributed by atoms with Crippen molar-refractivity contribution in [2.45, 2.75) is 57.4 Å². The van der Waals surface area contributed by atoms with Crippen LogP contribution < -0.4 is 10.6 Å². The fourth-order valence-corrected chi connectivity index (χ4v) is 7.08. The highest BCUT2D eigenvalue weighted by molar-refractivity contribution is 6.30. The molecule has 4 fully saturated rings. The number of nitrogens with one attached hydrogen (secondary N) is 2. The van der Waals surface area contributed by atoms with Gasteiger partial charge in [-0.3, -0.25) is 9.59 Å². The smallest absolute Gasteiger partial charge is 0.242 e. The molecule has 4 nitrogen and oxygen atoms in total. The van der Waals surface area contributed by atoms with Crippen molar-refractivity contribution in [3.05, 3.63) is 70.7 Å². The Bertz CT molecular complexity index is 963. The summed E-state index contributed by atoms with van der Waals surface area (Å²) in [5, 5.41) is 6.93. The van der Waals surface area contributed by atoms with Crippen LogP contribution in [0, 0.1) is 29.6 Å². The number of halogens is 1. The average Bonchev–Trinajstić information content (AvgIpc) is 2.82. The lowest BCUT2D eigenvalue weighted by molar-refractivity contribution is -0.141. The summed E-state index contributed by atoms with van der Waals surface area (Å²) in [5.41, 5.74) is 2.27. The summed E-state index contributed by atoms with van der Waals surface area (Å²) in [6.07, 6.45) is 8.40. The van der Waals surface area contributed by atoms with Crippen LogP contribution in [-0.2, 0) is 22.4 Å². The third-order valence-corrected chi connectivity index (χ3v) is 8.55. The van der Waals surface area contributed by atoms with Crippen molar-refractivity contribution in [3.63, 3.8) is 0 Å². The van der Waals surface area contributed by atoms with Crippen LogP contribution in [0.5, 0.6) is 0 Å². The predicted octanol–water partition coefficient (Wildman–Crippen LogP) is 5.19. The minimum absolute atomic E-state index is 0.0754. The zero-order valence-electron chi connectivity index (χ0n) is 19.7. The topological polar surface area (TPSA) is 58.2 Å². The fourth-order valence-electron chi connectivity index (χ4n) is 6.96. The fraction of sp³-hybridized carbons (Fsp3) is 0.517. The molecule has 0 aromatic heterocycles. The molecule has 34 heavy (non-hydrogen) atoms. The number of rotatable bonds is 9. The Morgan fingerprint density at radius 3 is 2.15 bits per heavy atom. The lowest BCUT2D eigenvalue weighted by Crippen LogP contribution is -2.55. The van der Waals surface area contributed by atoms with Gasteiger partial charge in [0.2, 0.25) is 11.8 Å². The van der Waals surface area contributed by atoms with E-state index in [1.807, 2.05) is 42.5 Å². The number of amides is 2. The standard InChI is InChI=1S/C29H35ClN2O2/c30-25-10-8-20(9-11-25)18-26(28(33)31-12-4-7-19-5-2-1-3-6-19)32-29(34)27-23-14-21-13-22(16-23)17-24(27)15-21/h1-3,5-6,8-11,21-24,26-27H,4,7,12-18H2,(H,31,33)(H,32,34)/t21?,22?,23?,24?,26-,27?/m0/s1. The summed E-state index contributed by atoms with van der Waals surface area (Å²) in [6, 6.07) is 17.3. The second-order valence-corrected chi connectivity index (χ2v) is 11.2. The Hall–Kier alpha value is -2.33. The van der Waals surface area contributed by atoms with Gasteiger partial charge in [0.05, 0.1) is 0 Å². The van der Waals surface area contributed by atoms with Crippen LogP contribution in [-0.4, -0.2) is 24.4 Å². The molecule has 0 spiro atoms. The van der Waals surface area contributed by atoms with Gasteiger partial charge in [-0.15, -0.1) is 0 Å². The van der Waals surface area contributed by atoms with E-state index in [1.54, 1.807) is 0 Å². The quantitative estimate of drug-likeness (QED) is 0.487. The van der Waals surface area contributed by atoms with Gasteiger partial charge in [-0.1, -0.05) is 54.1 Å². The van der Waals surface area contributed by atoms with Crippen LogP contribution in [0.25, 0.3) is 0 Å². The maximum atomic E-state index is 13.5. The highest BCUT2D eigenvalue weighted by Gasteiger charge is 2.51. The second-order valence-electron chi connectivity index (χ2n) is 10.7. The summed E-state index contributed by atoms with van der Waals surface area (Å²) in [4.78, 5) is 26.7. The van der Waals surface area contributed by atoms with E-state index in [1.165, 1.54) is 37.7 Å². The summed E-state index contributed by atoms with van der Waals surface area (Å²) < 4.78 is 0. The number of carbonyl (C=O) groups is 2. The van der Waals surface area contributed by atoms with Gasteiger partial charge in [-0.2, -0.15) is 0 Å². The summed E-state index contributed by atoms with van der Waals surface area (Å²) >= 11 is 6.05. The lowest BCUT2D eigenvalue weighted by atomic mass is 9.51. The van der Waals surface area contributed by atoms with Crippen LogP contribution >= 0.6 is 11.6 Å². The Morgan fingerprint density at radius 2 is 1.50 bits per heavy atom. The van der Waals surface area contributed by atoms with Crippen LogP contribution in [0.15, 0.2) is 54.6 Å². The van der Waals surface area contributed by atoms with Crippen molar-refractivity contribution >= 4 is 23.4 Å². The zero-order valence-corrected chi connectivity index (χ0v) is 20.5. The van der Waals surface area contributed by atoms with Crippen molar-refractivity contribution in [2.24, 2.45) is 29.6 Å². The van der Waals surface area contributed by atoms with E-state index in [4.69, 9.17) is 11.6 Å². The Kier molecular flexibility index (Phi) is 7.24. The number of hydrogen-bond donors (Lipinski definition) is 2. The molecule has 1 atom stereocenters. The SMILES string of the molecule is O=C(N[C@@H](Cc1ccc(Cl)cc1)C(=O)NCCCc1ccccc1)C1C2CC3CC(C2)CC1C3. The van der Waals surface area contributed by atoms with Crippen molar-refractivity contribution in [3.8, 4) is 0 Å². The second kappa shape index (κ2) is 10.5. The van der Waals surface area contributed by atoms with E-state index in [0.717, 1.165) is 30.2 Å². The van der Waals surface area contributed by atoms with Crippen LogP contribution in [0.1, 0.15) is 49.7 Å². The zero-order chi connectivity index (χ0) is 23.5. The predicted molar refractivity (Wildman–Crippen MR) is 135 cm³/mol. The molecule has 2 N–H and O–H groups in total. The molecule has 4 saturated carbocycles. The molecule has 4 aliphatic carbocycles. The molecule has 6 rings (SSSR count). The van der Waals surface area contributed by atoms with Gasteiger partial charge in [-0.05, 0) is 91.9 Å². The Morgan fingerprint density at radius 1 is 0.853 bits per heavy atom. The third-order valence-electron chi connectivity index (χ3n) is 8.30. The molecule has 0 unspecified atom stereocenters. The molecular formula is C29H35ClN2O2. The molecule has 2 aromatic rings. The van der Waals surface area contributed by atoms with E-state index < -0.39 is 6.04 Å². The number of carbonyl (C=O) groups excluding carboxylic acids is 2. The number of hydrogen-bond acceptors (Lipinski definition) is 2. The van der Waals surface area contributed by atoms with E-state index in [-0.39, 0.29) is 17.7 Å². The minimum atomic E-state index is -0.567. The van der Waals surface area contributed by atoms with Gasteiger partial charge in [0.1, 0.15) is 6.04 Å². The van der Waals surface area contributed by atoms with Gasteiger partial charge in [-0.25, -0.2) is 0 Å². The van der Waals surface area contributed by atoms with Gasteiger partial charge >= 0.3 is 0 Å². The first-order chi connectivity index (χ1) is 16.5. The Balaban J connectivity index is 1.21. The van der Waals surface area contributed by atoms with Gasteiger partial charge in [0, 0.05) is 23.9 Å². The van der Waals surface area contributed by atoms with E-state index in [9.17, 15) is 9.59 Å². The monoisotopic (exact) mass is 478 g/mol. The first-order valence-electron chi connectivity index (χ1n) is 12.9. The number of benzene rings is 2. The maximum Gasteiger partial charge on any atom is 0.242 e. The van der Waals surface area contributed by atoms with Gasteiger partial charge in [0.15, 0.2) is 0 Å². The van der Waals surface area contributed by atoms with Crippen LogP contribution in [0.3, 0.4) is 0 Å².